The summed E-state index contributed by atoms with van der Waals surface area (Å²) in [4.78, 5) is -0.0354. The normalized spacial score (nSPS) is 24.8. The highest BCUT2D eigenvalue weighted by atomic mass is 79.9. The molecule has 1 aromatic carbocycles. The number of nitrogens with two attached hydrogens (primary N) is 1. The van der Waals surface area contributed by atoms with E-state index in [0.29, 0.717) is 12.5 Å². The van der Waals surface area contributed by atoms with E-state index in [0.717, 1.165) is 18.9 Å². The highest BCUT2D eigenvalue weighted by Crippen LogP contribution is 2.32. The van der Waals surface area contributed by atoms with Gasteiger partial charge in [0.15, 0.2) is 0 Å². The quantitative estimate of drug-likeness (QED) is 0.820. The molecule has 2 rings (SSSR count). The Labute approximate surface area is 127 Å². The summed E-state index contributed by atoms with van der Waals surface area (Å²) in [6, 6.07) is 2.21. The average molecular weight is 365 g/mol. The lowest BCUT2D eigenvalue weighted by atomic mass is 9.97. The van der Waals surface area contributed by atoms with Crippen molar-refractivity contribution in [1.82, 2.24) is 4.31 Å². The van der Waals surface area contributed by atoms with Gasteiger partial charge in [-0.15, -0.1) is 0 Å². The summed E-state index contributed by atoms with van der Waals surface area (Å²) in [6.45, 7) is 4.38. The molecule has 0 spiro atoms. The smallest absolute Gasteiger partial charge is 0.245 e. The molecule has 0 amide bonds. The Kier molecular flexibility index (Phi) is 4.41. The standard InChI is InChI=1S/C13H18BrFN2O2S/c1-8-3-4-9(2)17(7-8)20(18,19)13-5-10(14)11(15)6-12(13)16/h5-6,8-9H,3-4,7,16H2,1-2H3. The van der Waals surface area contributed by atoms with E-state index in [9.17, 15) is 12.8 Å². The Morgan fingerprint density at radius 2 is 2.00 bits per heavy atom. The summed E-state index contributed by atoms with van der Waals surface area (Å²) < 4.78 is 40.4. The van der Waals surface area contributed by atoms with Crippen LogP contribution in [0.1, 0.15) is 26.7 Å². The number of nitrogens with zero attached hydrogens (tertiary/aromatic N) is 1. The molecule has 1 aliphatic heterocycles. The second-order valence-electron chi connectivity index (χ2n) is 5.41. The Balaban J connectivity index is 2.47. The molecule has 2 atom stereocenters. The molecule has 0 bridgehead atoms. The third-order valence-electron chi connectivity index (χ3n) is 3.70. The lowest BCUT2D eigenvalue weighted by molar-refractivity contribution is 0.218. The van der Waals surface area contributed by atoms with Gasteiger partial charge >= 0.3 is 0 Å². The van der Waals surface area contributed by atoms with Crippen molar-refractivity contribution in [2.75, 3.05) is 12.3 Å². The molecule has 1 aromatic rings. The van der Waals surface area contributed by atoms with Crippen LogP contribution in [0.25, 0.3) is 0 Å². The first-order valence-corrected chi connectivity index (χ1v) is 8.73. The van der Waals surface area contributed by atoms with Gasteiger partial charge in [-0.3, -0.25) is 0 Å². The molecule has 2 unspecified atom stereocenters. The summed E-state index contributed by atoms with van der Waals surface area (Å²) in [5, 5.41) is 0. The van der Waals surface area contributed by atoms with Crippen molar-refractivity contribution in [2.24, 2.45) is 5.92 Å². The lowest BCUT2D eigenvalue weighted by Gasteiger charge is -2.35. The zero-order chi connectivity index (χ0) is 15.1. The highest BCUT2D eigenvalue weighted by Gasteiger charge is 2.34. The molecular weight excluding hydrogens is 347 g/mol. The van der Waals surface area contributed by atoms with E-state index in [-0.39, 0.29) is 21.1 Å². The van der Waals surface area contributed by atoms with Gasteiger partial charge in [-0.25, -0.2) is 12.8 Å². The minimum atomic E-state index is -3.70. The van der Waals surface area contributed by atoms with Crippen LogP contribution in [0.3, 0.4) is 0 Å². The van der Waals surface area contributed by atoms with Gasteiger partial charge in [0.1, 0.15) is 10.7 Å². The van der Waals surface area contributed by atoms with Gasteiger partial charge < -0.3 is 5.73 Å². The molecule has 0 radical (unpaired) electrons. The molecule has 20 heavy (non-hydrogen) atoms. The Hall–Kier alpha value is -0.660. The van der Waals surface area contributed by atoms with E-state index >= 15 is 0 Å². The van der Waals surface area contributed by atoms with Gasteiger partial charge in [-0.2, -0.15) is 4.31 Å². The second-order valence-corrected chi connectivity index (χ2v) is 8.12. The first-order chi connectivity index (χ1) is 9.23. The molecule has 0 aliphatic carbocycles. The molecule has 1 saturated heterocycles. The summed E-state index contributed by atoms with van der Waals surface area (Å²) in [5.74, 6) is -0.257. The van der Waals surface area contributed by atoms with Gasteiger partial charge in [0.25, 0.3) is 0 Å². The number of anilines is 1. The fourth-order valence-corrected chi connectivity index (χ4v) is 4.88. The zero-order valence-corrected chi connectivity index (χ0v) is 13.8. The van der Waals surface area contributed by atoms with Crippen molar-refractivity contribution in [3.63, 3.8) is 0 Å². The van der Waals surface area contributed by atoms with Gasteiger partial charge in [0, 0.05) is 12.6 Å². The maximum Gasteiger partial charge on any atom is 0.245 e. The summed E-state index contributed by atoms with van der Waals surface area (Å²) in [6.07, 6.45) is 1.83. The van der Waals surface area contributed by atoms with Crippen molar-refractivity contribution in [3.8, 4) is 0 Å². The average Bonchev–Trinajstić information content (AvgIpc) is 2.36. The molecule has 2 N–H and O–H groups in total. The van der Waals surface area contributed by atoms with E-state index in [1.807, 2.05) is 13.8 Å². The third kappa shape index (κ3) is 2.84. The number of rotatable bonds is 2. The fraction of sp³-hybridized carbons (Fsp3) is 0.538. The maximum atomic E-state index is 13.4. The molecule has 1 fully saturated rings. The SMILES string of the molecule is CC1CCC(C)N(S(=O)(=O)c2cc(Br)c(F)cc2N)C1. The number of halogens is 2. The van der Waals surface area contributed by atoms with Crippen LogP contribution >= 0.6 is 15.9 Å². The lowest BCUT2D eigenvalue weighted by Crippen LogP contribution is -2.45. The van der Waals surface area contributed by atoms with Gasteiger partial charge in [-0.05, 0) is 53.7 Å². The van der Waals surface area contributed by atoms with Crippen LogP contribution in [0.4, 0.5) is 10.1 Å². The minimum Gasteiger partial charge on any atom is -0.398 e. The molecule has 1 heterocycles. The van der Waals surface area contributed by atoms with E-state index < -0.39 is 15.8 Å². The molecule has 7 heteroatoms. The molecule has 0 saturated carbocycles. The van der Waals surface area contributed by atoms with E-state index in [4.69, 9.17) is 5.73 Å². The van der Waals surface area contributed by atoms with E-state index in [2.05, 4.69) is 15.9 Å². The summed E-state index contributed by atoms with van der Waals surface area (Å²) in [7, 11) is -3.70. The zero-order valence-electron chi connectivity index (χ0n) is 11.4. The van der Waals surface area contributed by atoms with Crippen molar-refractivity contribution in [1.29, 1.82) is 0 Å². The van der Waals surface area contributed by atoms with Crippen molar-refractivity contribution in [2.45, 2.75) is 37.6 Å². The second kappa shape index (κ2) is 5.61. The van der Waals surface area contributed by atoms with Crippen LogP contribution in [0.5, 0.6) is 0 Å². The number of nitrogen functional groups attached to an aromatic ring is 1. The first-order valence-electron chi connectivity index (χ1n) is 6.50. The van der Waals surface area contributed by atoms with Crippen LogP contribution in [0.2, 0.25) is 0 Å². The van der Waals surface area contributed by atoms with Crippen molar-refractivity contribution in [3.05, 3.63) is 22.4 Å². The van der Waals surface area contributed by atoms with Gasteiger partial charge in [0.2, 0.25) is 10.0 Å². The molecule has 1 aliphatic rings. The number of benzene rings is 1. The predicted molar refractivity (Wildman–Crippen MR) is 80.3 cm³/mol. The van der Waals surface area contributed by atoms with Crippen molar-refractivity contribution < 1.29 is 12.8 Å². The largest absolute Gasteiger partial charge is 0.398 e. The summed E-state index contributed by atoms with van der Waals surface area (Å²) in [5.41, 5.74) is 5.64. The Bertz CT molecular complexity index is 621. The van der Waals surface area contributed by atoms with Gasteiger partial charge in [-0.1, -0.05) is 6.92 Å². The number of sulfonamides is 1. The number of hydrogen-bond acceptors (Lipinski definition) is 3. The van der Waals surface area contributed by atoms with Crippen LogP contribution in [-0.4, -0.2) is 25.3 Å². The van der Waals surface area contributed by atoms with Crippen LogP contribution < -0.4 is 5.73 Å². The first kappa shape index (κ1) is 15.7. The number of hydrogen-bond donors (Lipinski definition) is 1. The fourth-order valence-electron chi connectivity index (χ4n) is 2.48. The van der Waals surface area contributed by atoms with E-state index in [1.165, 1.54) is 10.4 Å². The third-order valence-corrected chi connectivity index (χ3v) is 6.34. The predicted octanol–water partition coefficient (Wildman–Crippen LogP) is 2.98. The van der Waals surface area contributed by atoms with Crippen LogP contribution in [0, 0.1) is 11.7 Å². The van der Waals surface area contributed by atoms with Crippen molar-refractivity contribution >= 4 is 31.6 Å². The Morgan fingerprint density at radius 1 is 1.35 bits per heavy atom. The molecular formula is C13H18BrFN2O2S. The minimum absolute atomic E-state index is 0.0354. The molecule has 4 nitrogen and oxygen atoms in total. The van der Waals surface area contributed by atoms with Crippen LogP contribution in [0.15, 0.2) is 21.5 Å². The van der Waals surface area contributed by atoms with Crippen LogP contribution in [-0.2, 0) is 10.0 Å². The Morgan fingerprint density at radius 3 is 2.65 bits per heavy atom. The maximum absolute atomic E-state index is 13.4. The highest BCUT2D eigenvalue weighted by molar-refractivity contribution is 9.10. The monoisotopic (exact) mass is 364 g/mol. The topological polar surface area (TPSA) is 63.4 Å². The molecule has 112 valence electrons. The van der Waals surface area contributed by atoms with E-state index in [1.54, 1.807) is 0 Å². The summed E-state index contributed by atoms with van der Waals surface area (Å²) >= 11 is 3.01. The molecule has 0 aromatic heterocycles. The number of piperidine rings is 1. The van der Waals surface area contributed by atoms with Gasteiger partial charge in [0.05, 0.1) is 10.2 Å².